The number of nitrogens with zero attached hydrogens (tertiary/aromatic N) is 4. The SMILES string of the molecule is CN(C[C@@H]1CCn2ccnc2C1)C(=O)Cn1ccccc1=O. The van der Waals surface area contributed by atoms with Crippen LogP contribution >= 0.6 is 0 Å². The van der Waals surface area contributed by atoms with Crippen LogP contribution in [-0.2, 0) is 24.3 Å². The van der Waals surface area contributed by atoms with Gasteiger partial charge in [0.25, 0.3) is 5.56 Å². The second kappa shape index (κ2) is 6.17. The summed E-state index contributed by atoms with van der Waals surface area (Å²) in [5, 5.41) is 0. The molecule has 1 atom stereocenters. The van der Waals surface area contributed by atoms with Crippen LogP contribution in [0.25, 0.3) is 0 Å². The molecule has 0 aromatic carbocycles. The van der Waals surface area contributed by atoms with Crippen LogP contribution in [0, 0.1) is 5.92 Å². The molecule has 0 bridgehead atoms. The molecule has 0 spiro atoms. The third-order valence-corrected chi connectivity index (χ3v) is 4.21. The zero-order valence-electron chi connectivity index (χ0n) is 12.7. The summed E-state index contributed by atoms with van der Waals surface area (Å²) in [5.74, 6) is 1.48. The van der Waals surface area contributed by atoms with Crippen molar-refractivity contribution in [1.29, 1.82) is 0 Å². The topological polar surface area (TPSA) is 60.1 Å². The molecule has 2 aromatic heterocycles. The standard InChI is InChI=1S/C16H20N4O2/c1-18(16(22)12-20-7-3-2-4-15(20)21)11-13-5-8-19-9-6-17-14(19)10-13/h2-4,6-7,9,13H,5,8,10-12H2,1H3/t13-/m1/s1. The van der Waals surface area contributed by atoms with Gasteiger partial charge in [0.1, 0.15) is 12.4 Å². The Bertz CT molecular complexity index is 719. The quantitative estimate of drug-likeness (QED) is 0.838. The molecule has 6 nitrogen and oxygen atoms in total. The molecule has 116 valence electrons. The lowest BCUT2D eigenvalue weighted by Crippen LogP contribution is -2.38. The van der Waals surface area contributed by atoms with E-state index in [0.717, 1.165) is 25.2 Å². The van der Waals surface area contributed by atoms with Crippen molar-refractivity contribution in [2.45, 2.75) is 25.9 Å². The van der Waals surface area contributed by atoms with E-state index in [1.165, 1.54) is 10.6 Å². The minimum absolute atomic E-state index is 0.0396. The van der Waals surface area contributed by atoms with Crippen molar-refractivity contribution in [2.75, 3.05) is 13.6 Å². The van der Waals surface area contributed by atoms with Crippen LogP contribution in [0.2, 0.25) is 0 Å². The van der Waals surface area contributed by atoms with Gasteiger partial charge in [-0.1, -0.05) is 6.07 Å². The van der Waals surface area contributed by atoms with E-state index in [0.29, 0.717) is 12.5 Å². The Labute approximate surface area is 129 Å². The zero-order valence-corrected chi connectivity index (χ0v) is 12.7. The smallest absolute Gasteiger partial charge is 0.250 e. The molecule has 3 heterocycles. The maximum absolute atomic E-state index is 12.3. The highest BCUT2D eigenvalue weighted by Crippen LogP contribution is 2.19. The lowest BCUT2D eigenvalue weighted by Gasteiger charge is -2.28. The molecule has 0 N–H and O–H groups in total. The highest BCUT2D eigenvalue weighted by molar-refractivity contribution is 5.75. The van der Waals surface area contributed by atoms with Crippen molar-refractivity contribution in [3.05, 3.63) is 53.0 Å². The average molecular weight is 300 g/mol. The zero-order chi connectivity index (χ0) is 15.5. The van der Waals surface area contributed by atoms with Crippen molar-refractivity contribution in [3.8, 4) is 0 Å². The predicted octanol–water partition coefficient (Wildman–Crippen LogP) is 0.766. The average Bonchev–Trinajstić information content (AvgIpc) is 2.97. The third-order valence-electron chi connectivity index (χ3n) is 4.21. The molecular weight excluding hydrogens is 280 g/mol. The van der Waals surface area contributed by atoms with Gasteiger partial charge in [-0.2, -0.15) is 0 Å². The third kappa shape index (κ3) is 3.10. The number of likely N-dealkylation sites (N-methyl/N-ethyl adjacent to an activating group) is 1. The largest absolute Gasteiger partial charge is 0.344 e. The number of carbonyl (C=O) groups is 1. The predicted molar refractivity (Wildman–Crippen MR) is 82.4 cm³/mol. The molecule has 22 heavy (non-hydrogen) atoms. The summed E-state index contributed by atoms with van der Waals surface area (Å²) < 4.78 is 3.61. The molecule has 1 amide bonds. The minimum Gasteiger partial charge on any atom is -0.344 e. The van der Waals surface area contributed by atoms with Crippen molar-refractivity contribution in [2.24, 2.45) is 5.92 Å². The molecule has 0 saturated carbocycles. The van der Waals surface area contributed by atoms with Gasteiger partial charge >= 0.3 is 0 Å². The van der Waals surface area contributed by atoms with Gasteiger partial charge in [-0.15, -0.1) is 0 Å². The van der Waals surface area contributed by atoms with Crippen molar-refractivity contribution in [3.63, 3.8) is 0 Å². The van der Waals surface area contributed by atoms with Crippen LogP contribution in [0.5, 0.6) is 0 Å². The fourth-order valence-corrected chi connectivity index (χ4v) is 2.92. The van der Waals surface area contributed by atoms with Crippen molar-refractivity contribution < 1.29 is 4.79 Å². The van der Waals surface area contributed by atoms with Gasteiger partial charge in [-0.3, -0.25) is 9.59 Å². The first-order valence-corrected chi connectivity index (χ1v) is 7.53. The maximum atomic E-state index is 12.3. The lowest BCUT2D eigenvalue weighted by atomic mass is 9.97. The number of aromatic nitrogens is 3. The Kier molecular flexibility index (Phi) is 4.09. The summed E-state index contributed by atoms with van der Waals surface area (Å²) >= 11 is 0. The summed E-state index contributed by atoms with van der Waals surface area (Å²) in [5.41, 5.74) is -0.149. The van der Waals surface area contributed by atoms with Gasteiger partial charge in [0.05, 0.1) is 0 Å². The summed E-state index contributed by atoms with van der Waals surface area (Å²) in [6.07, 6.45) is 7.42. The van der Waals surface area contributed by atoms with E-state index in [9.17, 15) is 9.59 Å². The Morgan fingerprint density at radius 3 is 3.09 bits per heavy atom. The molecule has 0 saturated heterocycles. The molecule has 1 aliphatic rings. The summed E-state index contributed by atoms with van der Waals surface area (Å²) in [6, 6.07) is 4.90. The van der Waals surface area contributed by atoms with Gasteiger partial charge in [-0.05, 0) is 18.4 Å². The van der Waals surface area contributed by atoms with Crippen molar-refractivity contribution in [1.82, 2.24) is 19.0 Å². The van der Waals surface area contributed by atoms with Gasteiger partial charge in [-0.25, -0.2) is 4.98 Å². The second-order valence-corrected chi connectivity index (χ2v) is 5.84. The van der Waals surface area contributed by atoms with Crippen LogP contribution in [0.4, 0.5) is 0 Å². The molecule has 6 heteroatoms. The second-order valence-electron chi connectivity index (χ2n) is 5.84. The Morgan fingerprint density at radius 1 is 1.41 bits per heavy atom. The number of hydrogen-bond acceptors (Lipinski definition) is 3. The first kappa shape index (κ1) is 14.6. The Hall–Kier alpha value is -2.37. The fraction of sp³-hybridized carbons (Fsp3) is 0.438. The van der Waals surface area contributed by atoms with E-state index in [1.807, 2.05) is 12.4 Å². The van der Waals surface area contributed by atoms with Gasteiger partial charge in [0, 0.05) is 51.2 Å². The van der Waals surface area contributed by atoms with E-state index >= 15 is 0 Å². The van der Waals surface area contributed by atoms with Gasteiger partial charge < -0.3 is 14.0 Å². The number of fused-ring (bicyclic) bond motifs is 1. The molecule has 3 rings (SSSR count). The normalized spacial score (nSPS) is 17.0. The number of rotatable bonds is 4. The number of amides is 1. The van der Waals surface area contributed by atoms with Crippen LogP contribution in [-0.4, -0.2) is 38.5 Å². The summed E-state index contributed by atoms with van der Waals surface area (Å²) in [6.45, 7) is 1.75. The van der Waals surface area contributed by atoms with Gasteiger partial charge in [0.2, 0.25) is 5.91 Å². The lowest BCUT2D eigenvalue weighted by molar-refractivity contribution is -0.131. The first-order chi connectivity index (χ1) is 10.6. The van der Waals surface area contributed by atoms with E-state index in [1.54, 1.807) is 30.3 Å². The van der Waals surface area contributed by atoms with E-state index < -0.39 is 0 Å². The van der Waals surface area contributed by atoms with E-state index in [-0.39, 0.29) is 18.0 Å². The van der Waals surface area contributed by atoms with Crippen molar-refractivity contribution >= 4 is 5.91 Å². The number of aryl methyl sites for hydroxylation is 1. The van der Waals surface area contributed by atoms with Gasteiger partial charge in [0.15, 0.2) is 0 Å². The van der Waals surface area contributed by atoms with E-state index in [2.05, 4.69) is 9.55 Å². The highest BCUT2D eigenvalue weighted by atomic mass is 16.2. The molecule has 1 aliphatic heterocycles. The van der Waals surface area contributed by atoms with Crippen LogP contribution in [0.15, 0.2) is 41.6 Å². The number of imidazole rings is 1. The number of hydrogen-bond donors (Lipinski definition) is 0. The fourth-order valence-electron chi connectivity index (χ4n) is 2.92. The molecule has 0 aliphatic carbocycles. The molecule has 2 aromatic rings. The first-order valence-electron chi connectivity index (χ1n) is 7.53. The maximum Gasteiger partial charge on any atom is 0.250 e. The van der Waals surface area contributed by atoms with Crippen LogP contribution in [0.1, 0.15) is 12.2 Å². The summed E-state index contributed by atoms with van der Waals surface area (Å²) in [7, 11) is 1.80. The summed E-state index contributed by atoms with van der Waals surface area (Å²) in [4.78, 5) is 30.0. The highest BCUT2D eigenvalue weighted by Gasteiger charge is 2.22. The number of pyridine rings is 1. The molecule has 0 unspecified atom stereocenters. The molecular formula is C16H20N4O2. The Balaban J connectivity index is 1.58. The Morgan fingerprint density at radius 2 is 2.27 bits per heavy atom. The van der Waals surface area contributed by atoms with E-state index in [4.69, 9.17) is 0 Å². The monoisotopic (exact) mass is 300 g/mol. The minimum atomic E-state index is -0.149. The van der Waals surface area contributed by atoms with Crippen LogP contribution < -0.4 is 5.56 Å². The number of carbonyl (C=O) groups excluding carboxylic acids is 1. The molecule has 0 fully saturated rings. The molecule has 0 radical (unpaired) electrons. The van der Waals surface area contributed by atoms with Crippen LogP contribution in [0.3, 0.4) is 0 Å².